The Morgan fingerprint density at radius 1 is 1.17 bits per heavy atom. The second-order valence-corrected chi connectivity index (χ2v) is 10.3. The summed E-state index contributed by atoms with van der Waals surface area (Å²) < 4.78 is 16.2. The average Bonchev–Trinajstić information content (AvgIpc) is 3.22. The summed E-state index contributed by atoms with van der Waals surface area (Å²) in [6, 6.07) is 6.32. The molecule has 3 rings (SSSR count). The fourth-order valence-corrected chi connectivity index (χ4v) is 5.04. The molecule has 1 heterocycles. The highest BCUT2D eigenvalue weighted by atomic mass is 35.5. The molecule has 2 aliphatic rings. The van der Waals surface area contributed by atoms with Crippen molar-refractivity contribution >= 4 is 23.4 Å². The van der Waals surface area contributed by atoms with Crippen molar-refractivity contribution in [2.45, 2.75) is 71.5 Å². The van der Waals surface area contributed by atoms with Gasteiger partial charge in [-0.05, 0) is 36.5 Å². The van der Waals surface area contributed by atoms with Crippen molar-refractivity contribution in [1.82, 2.24) is 10.2 Å². The Morgan fingerprint density at radius 3 is 2.30 bits per heavy atom. The molecule has 0 aromatic heterocycles. The van der Waals surface area contributed by atoms with Gasteiger partial charge in [0.2, 0.25) is 11.8 Å². The molecule has 1 saturated heterocycles. The number of benzene rings is 1. The predicted molar refractivity (Wildman–Crippen MR) is 118 cm³/mol. The van der Waals surface area contributed by atoms with Crippen LogP contribution in [0.15, 0.2) is 24.3 Å². The molecule has 1 aliphatic heterocycles. The van der Waals surface area contributed by atoms with Gasteiger partial charge in [0.25, 0.3) is 0 Å². The number of carbonyl (C=O) groups is 2. The standard InChI is InChI=1S/C24H34ClFN2O2/c1-16(2)20(27-21(29)17-7-5-6-8-17)22(30)28-14-13-24(26,23(3,4)15-28)18-9-11-19(25)12-10-18/h9-12,16-17,20H,5-8,13-15H2,1-4H3,(H,27,29). The second kappa shape index (κ2) is 8.86. The highest BCUT2D eigenvalue weighted by Gasteiger charge is 2.52. The smallest absolute Gasteiger partial charge is 0.245 e. The molecule has 1 aliphatic carbocycles. The number of carbonyl (C=O) groups excluding carboxylic acids is 2. The maximum absolute atomic E-state index is 16.2. The number of halogens is 2. The van der Waals surface area contributed by atoms with Gasteiger partial charge in [0.05, 0.1) is 0 Å². The highest BCUT2D eigenvalue weighted by Crippen LogP contribution is 2.49. The van der Waals surface area contributed by atoms with Crippen LogP contribution in [0.5, 0.6) is 0 Å². The number of rotatable bonds is 5. The number of hydrogen-bond donors (Lipinski definition) is 1. The Hall–Kier alpha value is -1.62. The minimum absolute atomic E-state index is 0.0141. The van der Waals surface area contributed by atoms with Crippen LogP contribution in [0.2, 0.25) is 5.02 Å². The van der Waals surface area contributed by atoms with Gasteiger partial charge in [-0.3, -0.25) is 9.59 Å². The zero-order valence-electron chi connectivity index (χ0n) is 18.5. The van der Waals surface area contributed by atoms with Gasteiger partial charge >= 0.3 is 0 Å². The molecule has 1 N–H and O–H groups in total. The SMILES string of the molecule is CC(C)C(NC(=O)C1CCCC1)C(=O)N1CCC(F)(c2ccc(Cl)cc2)C(C)(C)C1. The molecule has 0 bridgehead atoms. The summed E-state index contributed by atoms with van der Waals surface area (Å²) in [5, 5.41) is 3.58. The van der Waals surface area contributed by atoms with Gasteiger partial charge in [0, 0.05) is 35.9 Å². The summed E-state index contributed by atoms with van der Waals surface area (Å²) in [6.07, 6.45) is 4.15. The first-order valence-corrected chi connectivity index (χ1v) is 11.5. The molecular formula is C24H34ClFN2O2. The van der Waals surface area contributed by atoms with E-state index in [0.29, 0.717) is 23.7 Å². The molecule has 1 aromatic carbocycles. The van der Waals surface area contributed by atoms with Crippen LogP contribution in [0.25, 0.3) is 0 Å². The Morgan fingerprint density at radius 2 is 1.77 bits per heavy atom. The topological polar surface area (TPSA) is 49.4 Å². The lowest BCUT2D eigenvalue weighted by Gasteiger charge is -2.49. The van der Waals surface area contributed by atoms with Gasteiger partial charge in [0.1, 0.15) is 11.7 Å². The van der Waals surface area contributed by atoms with E-state index in [1.54, 1.807) is 29.2 Å². The Kier molecular flexibility index (Phi) is 6.81. The van der Waals surface area contributed by atoms with Crippen molar-refractivity contribution < 1.29 is 14.0 Å². The molecule has 0 radical (unpaired) electrons. The summed E-state index contributed by atoms with van der Waals surface area (Å²) >= 11 is 5.97. The number of piperidine rings is 1. The average molecular weight is 437 g/mol. The van der Waals surface area contributed by atoms with Crippen LogP contribution in [0.4, 0.5) is 4.39 Å². The lowest BCUT2D eigenvalue weighted by Crippen LogP contribution is -2.59. The van der Waals surface area contributed by atoms with Crippen molar-refractivity contribution in [2.75, 3.05) is 13.1 Å². The van der Waals surface area contributed by atoms with Crippen LogP contribution < -0.4 is 5.32 Å². The quantitative estimate of drug-likeness (QED) is 0.698. The van der Waals surface area contributed by atoms with Crippen LogP contribution in [-0.2, 0) is 15.3 Å². The van der Waals surface area contributed by atoms with E-state index in [-0.39, 0.29) is 30.1 Å². The van der Waals surface area contributed by atoms with Crippen LogP contribution >= 0.6 is 11.6 Å². The molecule has 0 spiro atoms. The van der Waals surface area contributed by atoms with E-state index in [1.165, 1.54) is 0 Å². The zero-order chi connectivity index (χ0) is 22.1. The highest BCUT2D eigenvalue weighted by molar-refractivity contribution is 6.30. The van der Waals surface area contributed by atoms with E-state index in [9.17, 15) is 9.59 Å². The summed E-state index contributed by atoms with van der Waals surface area (Å²) in [6.45, 7) is 8.24. The first-order valence-electron chi connectivity index (χ1n) is 11.1. The van der Waals surface area contributed by atoms with Gasteiger partial charge in [-0.1, -0.05) is 64.3 Å². The number of amides is 2. The number of hydrogen-bond acceptors (Lipinski definition) is 2. The van der Waals surface area contributed by atoms with E-state index >= 15 is 4.39 Å². The maximum Gasteiger partial charge on any atom is 0.245 e. The van der Waals surface area contributed by atoms with Gasteiger partial charge in [-0.2, -0.15) is 0 Å². The molecule has 2 fully saturated rings. The van der Waals surface area contributed by atoms with Gasteiger partial charge in [-0.25, -0.2) is 4.39 Å². The molecule has 6 heteroatoms. The minimum Gasteiger partial charge on any atom is -0.344 e. The van der Waals surface area contributed by atoms with Crippen molar-refractivity contribution in [1.29, 1.82) is 0 Å². The molecule has 1 saturated carbocycles. The molecule has 2 unspecified atom stereocenters. The van der Waals surface area contributed by atoms with Crippen LogP contribution in [-0.4, -0.2) is 35.8 Å². The van der Waals surface area contributed by atoms with Crippen LogP contribution in [0.3, 0.4) is 0 Å². The number of nitrogens with one attached hydrogen (secondary N) is 1. The number of likely N-dealkylation sites (tertiary alicyclic amines) is 1. The van der Waals surface area contributed by atoms with E-state index in [1.807, 2.05) is 27.7 Å². The number of nitrogens with zero attached hydrogens (tertiary/aromatic N) is 1. The first-order chi connectivity index (χ1) is 14.0. The van der Waals surface area contributed by atoms with Crippen molar-refractivity contribution in [3.63, 3.8) is 0 Å². The first kappa shape index (κ1) is 23.1. The van der Waals surface area contributed by atoms with E-state index in [2.05, 4.69) is 5.32 Å². The van der Waals surface area contributed by atoms with Crippen molar-refractivity contribution in [3.8, 4) is 0 Å². The molecule has 4 nitrogen and oxygen atoms in total. The molecule has 2 amide bonds. The van der Waals surface area contributed by atoms with Crippen LogP contribution in [0.1, 0.15) is 65.4 Å². The third-order valence-electron chi connectivity index (χ3n) is 6.96. The Balaban J connectivity index is 1.73. The third kappa shape index (κ3) is 4.51. The Labute approximate surface area is 184 Å². The summed E-state index contributed by atoms with van der Waals surface area (Å²) in [7, 11) is 0. The molecule has 2 atom stereocenters. The van der Waals surface area contributed by atoms with Gasteiger partial charge < -0.3 is 10.2 Å². The normalized spacial score (nSPS) is 25.4. The largest absolute Gasteiger partial charge is 0.344 e. The molecule has 1 aromatic rings. The lowest BCUT2D eigenvalue weighted by molar-refractivity contribution is -0.147. The van der Waals surface area contributed by atoms with Crippen molar-refractivity contribution in [2.24, 2.45) is 17.3 Å². The predicted octanol–water partition coefficient (Wildman–Crippen LogP) is 5.09. The fraction of sp³-hybridized carbons (Fsp3) is 0.667. The Bertz CT molecular complexity index is 774. The van der Waals surface area contributed by atoms with Gasteiger partial charge in [-0.15, -0.1) is 0 Å². The van der Waals surface area contributed by atoms with E-state index in [0.717, 1.165) is 25.7 Å². The maximum atomic E-state index is 16.2. The third-order valence-corrected chi connectivity index (χ3v) is 7.21. The monoisotopic (exact) mass is 436 g/mol. The zero-order valence-corrected chi connectivity index (χ0v) is 19.3. The summed E-state index contributed by atoms with van der Waals surface area (Å²) in [5.41, 5.74) is -1.72. The summed E-state index contributed by atoms with van der Waals surface area (Å²) in [4.78, 5) is 27.7. The molecular weight excluding hydrogens is 403 g/mol. The van der Waals surface area contributed by atoms with E-state index in [4.69, 9.17) is 11.6 Å². The van der Waals surface area contributed by atoms with Crippen LogP contribution in [0, 0.1) is 17.3 Å². The number of alkyl halides is 1. The van der Waals surface area contributed by atoms with Gasteiger partial charge in [0.15, 0.2) is 0 Å². The lowest BCUT2D eigenvalue weighted by atomic mass is 9.67. The summed E-state index contributed by atoms with van der Waals surface area (Å²) in [5.74, 6) is -0.140. The minimum atomic E-state index is -1.55. The van der Waals surface area contributed by atoms with E-state index < -0.39 is 17.1 Å². The molecule has 30 heavy (non-hydrogen) atoms. The fourth-order valence-electron chi connectivity index (χ4n) is 4.92. The van der Waals surface area contributed by atoms with Crippen molar-refractivity contribution in [3.05, 3.63) is 34.9 Å². The molecule has 166 valence electrons. The second-order valence-electron chi connectivity index (χ2n) is 9.91.